The molecule has 2 heterocycles. The molecule has 0 atom stereocenters. The van der Waals surface area contributed by atoms with Crippen molar-refractivity contribution in [2.75, 3.05) is 32.5 Å². The second-order valence-electron chi connectivity index (χ2n) is 6.49. The molecule has 1 aliphatic carbocycles. The predicted octanol–water partition coefficient (Wildman–Crippen LogP) is -0.0262. The first-order chi connectivity index (χ1) is 11.5. The average Bonchev–Trinajstić information content (AvgIpc) is 3.07. The molecule has 0 amide bonds. The van der Waals surface area contributed by atoms with Gasteiger partial charge < -0.3 is 10.2 Å². The molecule has 1 saturated carbocycles. The summed E-state index contributed by atoms with van der Waals surface area (Å²) in [5, 5.41) is 11.3. The number of hydrogen-bond acceptors (Lipinski definition) is 7. The molecule has 1 aliphatic rings. The van der Waals surface area contributed by atoms with Gasteiger partial charge in [-0.25, -0.2) is 9.78 Å². The van der Waals surface area contributed by atoms with Crippen molar-refractivity contribution in [2.24, 2.45) is 7.05 Å². The van der Waals surface area contributed by atoms with Gasteiger partial charge in [0.25, 0.3) is 5.56 Å². The third-order valence-corrected chi connectivity index (χ3v) is 4.43. The van der Waals surface area contributed by atoms with Crippen LogP contribution in [0.3, 0.4) is 0 Å². The Morgan fingerprint density at radius 2 is 1.92 bits per heavy atom. The number of hydrogen-bond donors (Lipinski definition) is 1. The molecule has 0 radical (unpaired) electrons. The van der Waals surface area contributed by atoms with E-state index in [-0.39, 0.29) is 22.9 Å². The fourth-order valence-electron chi connectivity index (χ4n) is 3.08. The number of rotatable bonds is 5. The molecule has 24 heavy (non-hydrogen) atoms. The summed E-state index contributed by atoms with van der Waals surface area (Å²) in [6.07, 6.45) is 3.98. The molecule has 0 unspecified atom stereocenters. The van der Waals surface area contributed by atoms with Gasteiger partial charge in [-0.2, -0.15) is 0 Å². The minimum atomic E-state index is -0.435. The summed E-state index contributed by atoms with van der Waals surface area (Å²) in [4.78, 5) is 31.3. The van der Waals surface area contributed by atoms with E-state index in [0.29, 0.717) is 12.5 Å². The predicted molar refractivity (Wildman–Crippen MR) is 91.4 cm³/mol. The minimum Gasteiger partial charge on any atom is -0.352 e. The van der Waals surface area contributed by atoms with Crippen molar-refractivity contribution in [2.45, 2.75) is 31.7 Å². The Morgan fingerprint density at radius 3 is 2.58 bits per heavy atom. The van der Waals surface area contributed by atoms with Crippen LogP contribution in [0.5, 0.6) is 0 Å². The van der Waals surface area contributed by atoms with Gasteiger partial charge >= 0.3 is 5.69 Å². The van der Waals surface area contributed by atoms with Gasteiger partial charge in [0.2, 0.25) is 5.95 Å². The molecule has 0 spiro atoms. The van der Waals surface area contributed by atoms with E-state index in [1.165, 1.54) is 7.05 Å². The van der Waals surface area contributed by atoms with E-state index in [0.717, 1.165) is 36.8 Å². The minimum absolute atomic E-state index is 0.0652. The highest BCUT2D eigenvalue weighted by Crippen LogP contribution is 2.29. The molecule has 0 saturated heterocycles. The molecular formula is C15H23N7O2. The lowest BCUT2D eigenvalue weighted by atomic mass is 10.2. The molecule has 0 bridgehead atoms. The highest BCUT2D eigenvalue weighted by atomic mass is 16.2. The van der Waals surface area contributed by atoms with Gasteiger partial charge in [-0.05, 0) is 26.9 Å². The number of nitrogens with one attached hydrogen (secondary N) is 1. The van der Waals surface area contributed by atoms with E-state index in [1.54, 1.807) is 4.57 Å². The van der Waals surface area contributed by atoms with Crippen molar-refractivity contribution >= 4 is 17.1 Å². The highest BCUT2D eigenvalue weighted by Gasteiger charge is 2.24. The maximum Gasteiger partial charge on any atom is 0.332 e. The van der Waals surface area contributed by atoms with Crippen molar-refractivity contribution in [3.63, 3.8) is 0 Å². The Morgan fingerprint density at radius 1 is 1.21 bits per heavy atom. The topological polar surface area (TPSA) is 97.9 Å². The number of nitrogens with zero attached hydrogens (tertiary/aromatic N) is 6. The lowest BCUT2D eigenvalue weighted by Crippen LogP contribution is -2.40. The molecule has 1 fully saturated rings. The molecule has 1 N–H and O–H groups in total. The summed E-state index contributed by atoms with van der Waals surface area (Å²) in [6.45, 7) is 1.45. The molecule has 9 nitrogen and oxygen atoms in total. The Labute approximate surface area is 139 Å². The maximum absolute atomic E-state index is 12.5. The Bertz CT molecular complexity index is 849. The van der Waals surface area contributed by atoms with Crippen molar-refractivity contribution in [3.05, 3.63) is 20.8 Å². The van der Waals surface area contributed by atoms with Crippen LogP contribution in [-0.4, -0.2) is 56.4 Å². The summed E-state index contributed by atoms with van der Waals surface area (Å²) in [5.41, 5.74) is -0.307. The first-order valence-electron chi connectivity index (χ1n) is 8.23. The van der Waals surface area contributed by atoms with Crippen LogP contribution in [0.2, 0.25) is 0 Å². The SMILES string of the molecule is CN(C)CCNc1nnc2c(n1)c(=O)n(C)c(=O)n2C1CCCC1. The third kappa shape index (κ3) is 3.03. The van der Waals surface area contributed by atoms with Gasteiger partial charge in [0.05, 0.1) is 0 Å². The zero-order valence-electron chi connectivity index (χ0n) is 14.3. The quantitative estimate of drug-likeness (QED) is 0.820. The van der Waals surface area contributed by atoms with E-state index in [9.17, 15) is 9.59 Å². The molecular weight excluding hydrogens is 310 g/mol. The molecule has 9 heteroatoms. The first-order valence-corrected chi connectivity index (χ1v) is 8.23. The lowest BCUT2D eigenvalue weighted by molar-refractivity contribution is 0.425. The smallest absolute Gasteiger partial charge is 0.332 e. The van der Waals surface area contributed by atoms with E-state index < -0.39 is 5.56 Å². The summed E-state index contributed by atoms with van der Waals surface area (Å²) in [7, 11) is 5.42. The van der Waals surface area contributed by atoms with Gasteiger partial charge in [-0.15, -0.1) is 10.2 Å². The second-order valence-corrected chi connectivity index (χ2v) is 6.49. The fraction of sp³-hybridized carbons (Fsp3) is 0.667. The monoisotopic (exact) mass is 333 g/mol. The van der Waals surface area contributed by atoms with Gasteiger partial charge in [0, 0.05) is 26.2 Å². The number of anilines is 1. The Kier molecular flexibility index (Phi) is 4.61. The van der Waals surface area contributed by atoms with Gasteiger partial charge in [0.1, 0.15) is 0 Å². The molecule has 0 aromatic carbocycles. The maximum atomic E-state index is 12.5. The van der Waals surface area contributed by atoms with Crippen LogP contribution >= 0.6 is 0 Å². The molecule has 3 rings (SSSR count). The van der Waals surface area contributed by atoms with Gasteiger partial charge in [0.15, 0.2) is 11.2 Å². The normalized spacial score (nSPS) is 15.5. The molecule has 130 valence electrons. The summed E-state index contributed by atoms with van der Waals surface area (Å²) < 4.78 is 2.70. The number of fused-ring (bicyclic) bond motifs is 1. The third-order valence-electron chi connectivity index (χ3n) is 4.43. The number of likely N-dealkylation sites (N-methyl/N-ethyl adjacent to an activating group) is 1. The Hall–Kier alpha value is -2.29. The highest BCUT2D eigenvalue weighted by molar-refractivity contribution is 5.69. The zero-order valence-corrected chi connectivity index (χ0v) is 14.3. The summed E-state index contributed by atoms with van der Waals surface area (Å²) in [5.74, 6) is 0.304. The molecule has 2 aromatic heterocycles. The average molecular weight is 333 g/mol. The largest absolute Gasteiger partial charge is 0.352 e. The van der Waals surface area contributed by atoms with Gasteiger partial charge in [-0.3, -0.25) is 13.9 Å². The van der Waals surface area contributed by atoms with Crippen LogP contribution in [0, 0.1) is 0 Å². The van der Waals surface area contributed by atoms with E-state index in [1.807, 2.05) is 19.0 Å². The van der Waals surface area contributed by atoms with Crippen molar-refractivity contribution in [1.82, 2.24) is 29.2 Å². The Balaban J connectivity index is 2.06. The van der Waals surface area contributed by atoms with E-state index in [2.05, 4.69) is 20.5 Å². The van der Waals surface area contributed by atoms with Crippen LogP contribution in [0.25, 0.3) is 11.2 Å². The van der Waals surface area contributed by atoms with Crippen molar-refractivity contribution in [1.29, 1.82) is 0 Å². The van der Waals surface area contributed by atoms with Gasteiger partial charge in [-0.1, -0.05) is 12.8 Å². The van der Waals surface area contributed by atoms with Crippen LogP contribution in [0.4, 0.5) is 5.95 Å². The zero-order chi connectivity index (χ0) is 17.3. The summed E-state index contributed by atoms with van der Waals surface area (Å²) >= 11 is 0. The number of aromatic nitrogens is 5. The van der Waals surface area contributed by atoms with Crippen molar-refractivity contribution in [3.8, 4) is 0 Å². The van der Waals surface area contributed by atoms with E-state index in [4.69, 9.17) is 0 Å². The van der Waals surface area contributed by atoms with Crippen LogP contribution in [0.15, 0.2) is 9.59 Å². The van der Waals surface area contributed by atoms with Crippen molar-refractivity contribution < 1.29 is 0 Å². The van der Waals surface area contributed by atoms with E-state index >= 15 is 0 Å². The molecule has 2 aromatic rings. The standard InChI is InChI=1S/C15H23N7O2/c1-20(2)9-8-16-14-17-11-12(18-19-14)22(10-6-4-5-7-10)15(24)21(3)13(11)23/h10H,4-9H2,1-3H3,(H,16,17,19). The lowest BCUT2D eigenvalue weighted by Gasteiger charge is -2.16. The summed E-state index contributed by atoms with van der Waals surface area (Å²) in [6, 6.07) is 0.0652. The van der Waals surface area contributed by atoms with Crippen LogP contribution in [0.1, 0.15) is 31.7 Å². The second kappa shape index (κ2) is 6.68. The van der Waals surface area contributed by atoms with Crippen LogP contribution in [-0.2, 0) is 7.05 Å². The van der Waals surface area contributed by atoms with Crippen LogP contribution < -0.4 is 16.6 Å². The molecule has 0 aliphatic heterocycles. The first kappa shape index (κ1) is 16.6. The fourth-order valence-corrected chi connectivity index (χ4v) is 3.08.